The Morgan fingerprint density at radius 2 is 2.14 bits per heavy atom. The Bertz CT molecular complexity index is 587. The van der Waals surface area contributed by atoms with Crippen LogP contribution >= 0.6 is 0 Å². The molecule has 1 N–H and O–H groups in total. The largest absolute Gasteiger partial charge is 0.380 e. The highest BCUT2D eigenvalue weighted by Gasteiger charge is 2.22. The first-order valence-electron chi connectivity index (χ1n) is 6.86. The van der Waals surface area contributed by atoms with Crippen LogP contribution in [0.1, 0.15) is 12.8 Å². The van der Waals surface area contributed by atoms with Crippen LogP contribution in [0, 0.1) is 0 Å². The minimum absolute atomic E-state index is 0.211. The number of methoxy groups -OCH3 is 1. The lowest BCUT2D eigenvalue weighted by Crippen LogP contribution is -2.40. The smallest absolute Gasteiger partial charge is 0.258 e. The van der Waals surface area contributed by atoms with Gasteiger partial charge < -0.3 is 15.0 Å². The van der Waals surface area contributed by atoms with Gasteiger partial charge in [0.2, 0.25) is 11.9 Å². The molecule has 1 atom stereocenters. The Hall–Kier alpha value is -2.29. The Labute approximate surface area is 122 Å². The molecule has 2 aromatic heterocycles. The van der Waals surface area contributed by atoms with E-state index in [4.69, 9.17) is 4.74 Å². The van der Waals surface area contributed by atoms with Crippen molar-refractivity contribution in [3.63, 3.8) is 0 Å². The van der Waals surface area contributed by atoms with Crippen molar-refractivity contribution >= 4 is 11.9 Å². The number of aromatic nitrogens is 6. The summed E-state index contributed by atoms with van der Waals surface area (Å²) in [6.45, 7) is 1.68. The number of ether oxygens (including phenoxy) is 1. The molecule has 0 bridgehead atoms. The SMILES string of the molecule is CNc1nc(N2CCCC(OC)C2)nc(-n2cncn2)n1. The van der Waals surface area contributed by atoms with Crippen molar-refractivity contribution in [2.24, 2.45) is 0 Å². The van der Waals surface area contributed by atoms with E-state index in [1.54, 1.807) is 20.5 Å². The second-order valence-corrected chi connectivity index (χ2v) is 4.80. The zero-order valence-corrected chi connectivity index (χ0v) is 12.1. The van der Waals surface area contributed by atoms with Crippen LogP contribution in [0.5, 0.6) is 0 Å². The molecule has 3 heterocycles. The fourth-order valence-corrected chi connectivity index (χ4v) is 2.33. The van der Waals surface area contributed by atoms with Gasteiger partial charge in [0.1, 0.15) is 12.7 Å². The summed E-state index contributed by atoms with van der Waals surface area (Å²) in [7, 11) is 3.51. The fourth-order valence-electron chi connectivity index (χ4n) is 2.33. The molecular weight excluding hydrogens is 272 g/mol. The van der Waals surface area contributed by atoms with E-state index in [9.17, 15) is 0 Å². The van der Waals surface area contributed by atoms with Crippen molar-refractivity contribution in [3.05, 3.63) is 12.7 Å². The van der Waals surface area contributed by atoms with Gasteiger partial charge in [-0.3, -0.25) is 0 Å². The molecule has 9 nitrogen and oxygen atoms in total. The van der Waals surface area contributed by atoms with Crippen molar-refractivity contribution in [2.75, 3.05) is 37.5 Å². The van der Waals surface area contributed by atoms with Crippen molar-refractivity contribution in [2.45, 2.75) is 18.9 Å². The standard InChI is InChI=1S/C12H18N8O/c1-13-10-16-11(19-5-3-4-9(6-19)21-2)18-12(17-10)20-8-14-7-15-20/h7-9H,3-6H2,1-2H3,(H,13,16,17,18). The van der Waals surface area contributed by atoms with E-state index in [0.717, 1.165) is 25.9 Å². The maximum Gasteiger partial charge on any atom is 0.258 e. The first kappa shape index (κ1) is 13.7. The predicted molar refractivity (Wildman–Crippen MR) is 76.5 cm³/mol. The summed E-state index contributed by atoms with van der Waals surface area (Å²) in [5, 5.41) is 7.01. The summed E-state index contributed by atoms with van der Waals surface area (Å²) >= 11 is 0. The molecule has 0 saturated carbocycles. The van der Waals surface area contributed by atoms with E-state index >= 15 is 0 Å². The van der Waals surface area contributed by atoms with Crippen LogP contribution in [0.15, 0.2) is 12.7 Å². The van der Waals surface area contributed by atoms with Crippen molar-refractivity contribution in [3.8, 4) is 5.95 Å². The molecule has 0 aliphatic carbocycles. The van der Waals surface area contributed by atoms with Gasteiger partial charge in [-0.25, -0.2) is 4.98 Å². The molecule has 2 aromatic rings. The fraction of sp³-hybridized carbons (Fsp3) is 0.583. The van der Waals surface area contributed by atoms with Crippen molar-refractivity contribution in [1.82, 2.24) is 29.7 Å². The normalized spacial score (nSPS) is 18.8. The van der Waals surface area contributed by atoms with Gasteiger partial charge >= 0.3 is 0 Å². The molecule has 0 radical (unpaired) electrons. The summed E-state index contributed by atoms with van der Waals surface area (Å²) in [5.74, 6) is 1.58. The molecule has 1 unspecified atom stereocenters. The number of piperidine rings is 1. The molecule has 1 fully saturated rings. The predicted octanol–water partition coefficient (Wildman–Crippen LogP) is 0.109. The second kappa shape index (κ2) is 6.00. The summed E-state index contributed by atoms with van der Waals surface area (Å²) in [6, 6.07) is 0. The molecule has 1 aliphatic heterocycles. The Morgan fingerprint density at radius 3 is 2.86 bits per heavy atom. The number of hydrogen-bond donors (Lipinski definition) is 1. The molecular formula is C12H18N8O. The lowest BCUT2D eigenvalue weighted by Gasteiger charge is -2.31. The number of nitrogens with zero attached hydrogens (tertiary/aromatic N) is 7. The number of rotatable bonds is 4. The van der Waals surface area contributed by atoms with Gasteiger partial charge in [0.25, 0.3) is 5.95 Å². The highest BCUT2D eigenvalue weighted by Crippen LogP contribution is 2.19. The maximum absolute atomic E-state index is 5.45. The highest BCUT2D eigenvalue weighted by molar-refractivity contribution is 5.40. The molecule has 1 saturated heterocycles. The number of nitrogens with one attached hydrogen (secondary N) is 1. The van der Waals surface area contributed by atoms with Crippen molar-refractivity contribution < 1.29 is 4.74 Å². The zero-order chi connectivity index (χ0) is 14.7. The van der Waals surface area contributed by atoms with Gasteiger partial charge in [-0.15, -0.1) is 0 Å². The molecule has 3 rings (SSSR count). The monoisotopic (exact) mass is 290 g/mol. The third-order valence-corrected chi connectivity index (χ3v) is 3.45. The van der Waals surface area contributed by atoms with Crippen LogP contribution < -0.4 is 10.2 Å². The summed E-state index contributed by atoms with van der Waals surface area (Å²) in [5.41, 5.74) is 0. The van der Waals surface area contributed by atoms with Gasteiger partial charge in [0.15, 0.2) is 0 Å². The minimum Gasteiger partial charge on any atom is -0.380 e. The Balaban J connectivity index is 1.92. The van der Waals surface area contributed by atoms with Crippen LogP contribution in [-0.4, -0.2) is 63.1 Å². The number of anilines is 2. The Morgan fingerprint density at radius 1 is 1.29 bits per heavy atom. The highest BCUT2D eigenvalue weighted by atomic mass is 16.5. The molecule has 1 aliphatic rings. The van der Waals surface area contributed by atoms with E-state index in [-0.39, 0.29) is 6.10 Å². The average Bonchev–Trinajstić information content (AvgIpc) is 3.09. The van der Waals surface area contributed by atoms with Gasteiger partial charge in [-0.05, 0) is 12.8 Å². The summed E-state index contributed by atoms with van der Waals surface area (Å²) < 4.78 is 6.96. The van der Waals surface area contributed by atoms with Gasteiger partial charge in [-0.2, -0.15) is 24.7 Å². The van der Waals surface area contributed by atoms with E-state index in [2.05, 4.69) is 35.3 Å². The first-order chi connectivity index (χ1) is 10.3. The average molecular weight is 290 g/mol. The topological polar surface area (TPSA) is 93.9 Å². The lowest BCUT2D eigenvalue weighted by molar-refractivity contribution is 0.0889. The van der Waals surface area contributed by atoms with Gasteiger partial charge in [0.05, 0.1) is 6.10 Å². The van der Waals surface area contributed by atoms with E-state index < -0.39 is 0 Å². The molecule has 0 aromatic carbocycles. The van der Waals surface area contributed by atoms with Crippen LogP contribution in [0.2, 0.25) is 0 Å². The van der Waals surface area contributed by atoms with Crippen LogP contribution in [-0.2, 0) is 4.74 Å². The zero-order valence-electron chi connectivity index (χ0n) is 12.1. The quantitative estimate of drug-likeness (QED) is 0.848. The van der Waals surface area contributed by atoms with Crippen LogP contribution in [0.25, 0.3) is 5.95 Å². The van der Waals surface area contributed by atoms with E-state index in [0.29, 0.717) is 17.8 Å². The third-order valence-electron chi connectivity index (χ3n) is 3.45. The first-order valence-corrected chi connectivity index (χ1v) is 6.86. The lowest BCUT2D eigenvalue weighted by atomic mass is 10.1. The van der Waals surface area contributed by atoms with E-state index in [1.807, 2.05) is 0 Å². The van der Waals surface area contributed by atoms with Crippen molar-refractivity contribution in [1.29, 1.82) is 0 Å². The van der Waals surface area contributed by atoms with Gasteiger partial charge in [0, 0.05) is 27.2 Å². The molecule has 21 heavy (non-hydrogen) atoms. The minimum atomic E-state index is 0.211. The maximum atomic E-state index is 5.45. The molecule has 0 amide bonds. The third kappa shape index (κ3) is 2.92. The summed E-state index contributed by atoms with van der Waals surface area (Å²) in [6.07, 6.45) is 5.34. The van der Waals surface area contributed by atoms with Crippen LogP contribution in [0.4, 0.5) is 11.9 Å². The Kier molecular flexibility index (Phi) is 3.91. The molecule has 9 heteroatoms. The second-order valence-electron chi connectivity index (χ2n) is 4.80. The van der Waals surface area contributed by atoms with E-state index in [1.165, 1.54) is 11.0 Å². The number of hydrogen-bond acceptors (Lipinski definition) is 8. The molecule has 112 valence electrons. The summed E-state index contributed by atoms with van der Waals surface area (Å²) in [4.78, 5) is 19.2. The van der Waals surface area contributed by atoms with Crippen LogP contribution in [0.3, 0.4) is 0 Å². The molecule has 0 spiro atoms. The van der Waals surface area contributed by atoms with Gasteiger partial charge in [-0.1, -0.05) is 0 Å².